The summed E-state index contributed by atoms with van der Waals surface area (Å²) in [5, 5.41) is 0. The Morgan fingerprint density at radius 3 is 1.72 bits per heavy atom. The minimum absolute atomic E-state index is 0.127. The molecule has 0 saturated carbocycles. The molecule has 1 heteroatoms. The molecule has 61 heavy (non-hydrogen) atoms. The lowest BCUT2D eigenvalue weighted by Crippen LogP contribution is -2.44. The summed E-state index contributed by atoms with van der Waals surface area (Å²) in [7, 11) is 0. The molecule has 296 valence electrons. The molecule has 0 aromatic heterocycles. The van der Waals surface area contributed by atoms with Crippen LogP contribution in [0.4, 0.5) is 17.1 Å². The van der Waals surface area contributed by atoms with Crippen LogP contribution in [-0.4, -0.2) is 0 Å². The number of allylic oxidation sites excluding steroid dienone is 2. The molecule has 0 radical (unpaired) electrons. The number of rotatable bonds is 7. The molecule has 0 N–H and O–H groups in total. The number of benzene rings is 8. The molecule has 0 fully saturated rings. The van der Waals surface area contributed by atoms with Gasteiger partial charge in [-0.05, 0) is 121 Å². The topological polar surface area (TPSA) is 3.24 Å². The fourth-order valence-electron chi connectivity index (χ4n) is 12.0. The van der Waals surface area contributed by atoms with Crippen molar-refractivity contribution in [1.82, 2.24) is 0 Å². The lowest BCUT2D eigenvalue weighted by molar-refractivity contribution is 0.206. The summed E-state index contributed by atoms with van der Waals surface area (Å²) in [6.45, 7) is 9.75. The van der Waals surface area contributed by atoms with Crippen molar-refractivity contribution in [2.75, 3.05) is 4.90 Å². The summed E-state index contributed by atoms with van der Waals surface area (Å²) in [5.74, 6) is 1.06. The molecular formula is C60H51N. The molecule has 0 spiro atoms. The van der Waals surface area contributed by atoms with Crippen molar-refractivity contribution in [3.63, 3.8) is 0 Å². The van der Waals surface area contributed by atoms with Gasteiger partial charge in [-0.1, -0.05) is 204 Å². The van der Waals surface area contributed by atoms with E-state index in [0.717, 1.165) is 12.1 Å². The molecule has 4 unspecified atom stereocenters. The first-order valence-corrected chi connectivity index (χ1v) is 22.1. The summed E-state index contributed by atoms with van der Waals surface area (Å²) < 4.78 is 0. The van der Waals surface area contributed by atoms with E-state index in [1.807, 2.05) is 0 Å². The fraction of sp³-hybridized carbons (Fsp3) is 0.167. The van der Waals surface area contributed by atoms with Crippen molar-refractivity contribution in [2.24, 2.45) is 17.8 Å². The van der Waals surface area contributed by atoms with Crippen LogP contribution in [0.25, 0.3) is 39.0 Å². The van der Waals surface area contributed by atoms with Crippen molar-refractivity contribution in [1.29, 1.82) is 0 Å². The van der Waals surface area contributed by atoms with Crippen LogP contribution >= 0.6 is 0 Å². The Kier molecular flexibility index (Phi) is 8.86. The van der Waals surface area contributed by atoms with Gasteiger partial charge in [0, 0.05) is 22.4 Å². The second-order valence-electron chi connectivity index (χ2n) is 18.2. The van der Waals surface area contributed by atoms with E-state index in [9.17, 15) is 0 Å². The van der Waals surface area contributed by atoms with Gasteiger partial charge in [-0.15, -0.1) is 0 Å². The molecule has 4 atom stereocenters. The Morgan fingerprint density at radius 1 is 0.459 bits per heavy atom. The average Bonchev–Trinajstić information content (AvgIpc) is 3.73. The molecule has 1 nitrogen and oxygen atoms in total. The zero-order chi connectivity index (χ0) is 41.3. The maximum Gasteiger partial charge on any atom is 0.0543 e. The van der Waals surface area contributed by atoms with E-state index < -0.39 is 0 Å². The van der Waals surface area contributed by atoms with Crippen LogP contribution < -0.4 is 4.90 Å². The van der Waals surface area contributed by atoms with Crippen LogP contribution in [-0.2, 0) is 10.8 Å². The number of anilines is 3. The van der Waals surface area contributed by atoms with Crippen molar-refractivity contribution >= 4 is 22.6 Å². The normalized spacial score (nSPS) is 20.5. The lowest BCUT2D eigenvalue weighted by atomic mass is 9.54. The maximum atomic E-state index is 2.60. The zero-order valence-electron chi connectivity index (χ0n) is 35.5. The van der Waals surface area contributed by atoms with Crippen LogP contribution in [0.3, 0.4) is 0 Å². The third-order valence-electron chi connectivity index (χ3n) is 14.4. The smallest absolute Gasteiger partial charge is 0.0543 e. The largest absolute Gasteiger partial charge is 0.310 e. The Balaban J connectivity index is 1.15. The van der Waals surface area contributed by atoms with E-state index in [4.69, 9.17) is 0 Å². The molecule has 0 amide bonds. The molecule has 0 heterocycles. The Bertz CT molecular complexity index is 2940. The van der Waals surface area contributed by atoms with Gasteiger partial charge in [-0.25, -0.2) is 0 Å². The first kappa shape index (κ1) is 37.3. The van der Waals surface area contributed by atoms with Crippen LogP contribution in [0.5, 0.6) is 0 Å². The summed E-state index contributed by atoms with van der Waals surface area (Å²) in [4.78, 5) is 2.55. The Morgan fingerprint density at radius 2 is 1.02 bits per heavy atom. The van der Waals surface area contributed by atoms with Crippen LogP contribution in [0, 0.1) is 17.8 Å². The van der Waals surface area contributed by atoms with Gasteiger partial charge < -0.3 is 4.90 Å². The predicted octanol–water partition coefficient (Wildman–Crippen LogP) is 15.8. The standard InChI is InChI=1S/C60H51N/c1-40-37-45(43-21-10-6-11-22-43)38-41(2)58(40)60(46-23-12-7-13-24-46)53-28-17-15-26-51(53)57-54(60)29-18-30-56(57)61(47-33-31-44(32-34-47)42-19-8-5-9-20-42)48-35-36-50-49-25-14-16-27-52(49)59(3,4)55(50)39-48/h5-37,39-41,58H,38H2,1-4H3. The lowest BCUT2D eigenvalue weighted by Gasteiger charge is -2.48. The highest BCUT2D eigenvalue weighted by Gasteiger charge is 2.54. The van der Waals surface area contributed by atoms with Crippen molar-refractivity contribution in [3.8, 4) is 33.4 Å². The van der Waals surface area contributed by atoms with Gasteiger partial charge >= 0.3 is 0 Å². The van der Waals surface area contributed by atoms with Gasteiger partial charge in [-0.2, -0.15) is 0 Å². The summed E-state index contributed by atoms with van der Waals surface area (Å²) >= 11 is 0. The monoisotopic (exact) mass is 785 g/mol. The van der Waals surface area contributed by atoms with Gasteiger partial charge in [0.2, 0.25) is 0 Å². The van der Waals surface area contributed by atoms with E-state index in [0.29, 0.717) is 17.8 Å². The van der Waals surface area contributed by atoms with Crippen molar-refractivity contribution in [2.45, 2.75) is 44.9 Å². The van der Waals surface area contributed by atoms with Crippen LogP contribution in [0.1, 0.15) is 67.5 Å². The summed E-state index contributed by atoms with van der Waals surface area (Å²) in [6.07, 6.45) is 3.64. The van der Waals surface area contributed by atoms with E-state index in [1.54, 1.807) is 0 Å². The SMILES string of the molecule is CC1C=C(c2ccccc2)CC(C)C1C1(c2ccccc2)c2ccccc2-c2c(N(c3ccc(-c4ccccc4)cc3)c3ccc4c(c3)C(C)(C)c3ccccc3-4)cccc21. The third-order valence-corrected chi connectivity index (χ3v) is 14.4. The molecule has 3 aliphatic rings. The third kappa shape index (κ3) is 5.74. The van der Waals surface area contributed by atoms with Crippen LogP contribution in [0.15, 0.2) is 206 Å². The van der Waals surface area contributed by atoms with E-state index >= 15 is 0 Å². The average molecular weight is 786 g/mol. The van der Waals surface area contributed by atoms with Gasteiger partial charge in [-0.3, -0.25) is 0 Å². The molecule has 0 saturated heterocycles. The van der Waals surface area contributed by atoms with Crippen LogP contribution in [0.2, 0.25) is 0 Å². The summed E-state index contributed by atoms with van der Waals surface area (Å²) in [6, 6.07) is 75.1. The molecule has 11 rings (SSSR count). The molecule has 0 bridgehead atoms. The predicted molar refractivity (Wildman–Crippen MR) is 257 cm³/mol. The van der Waals surface area contributed by atoms with Crippen molar-refractivity contribution < 1.29 is 0 Å². The quantitative estimate of drug-likeness (QED) is 0.156. The minimum atomic E-state index is -0.370. The minimum Gasteiger partial charge on any atom is -0.310 e. The number of fused-ring (bicyclic) bond motifs is 6. The van der Waals surface area contributed by atoms with Gasteiger partial charge in [0.1, 0.15) is 0 Å². The van der Waals surface area contributed by atoms with Gasteiger partial charge in [0.15, 0.2) is 0 Å². The Labute approximate surface area is 361 Å². The van der Waals surface area contributed by atoms with E-state index in [2.05, 4.69) is 239 Å². The fourth-order valence-corrected chi connectivity index (χ4v) is 12.0. The molecular weight excluding hydrogens is 735 g/mol. The molecule has 0 aliphatic heterocycles. The summed E-state index contributed by atoms with van der Waals surface area (Å²) in [5.41, 5.74) is 20.5. The second kappa shape index (κ2) is 14.5. The number of hydrogen-bond acceptors (Lipinski definition) is 1. The first-order valence-electron chi connectivity index (χ1n) is 22.1. The number of nitrogens with zero attached hydrogens (tertiary/aromatic N) is 1. The second-order valence-corrected chi connectivity index (χ2v) is 18.2. The Hall–Kier alpha value is -6.70. The molecule has 8 aromatic rings. The highest BCUT2D eigenvalue weighted by molar-refractivity contribution is 5.97. The molecule has 3 aliphatic carbocycles. The van der Waals surface area contributed by atoms with Gasteiger partial charge in [0.25, 0.3) is 0 Å². The van der Waals surface area contributed by atoms with E-state index in [-0.39, 0.29) is 10.8 Å². The highest BCUT2D eigenvalue weighted by atomic mass is 15.1. The van der Waals surface area contributed by atoms with Crippen molar-refractivity contribution in [3.05, 3.63) is 240 Å². The number of hydrogen-bond donors (Lipinski definition) is 0. The highest BCUT2D eigenvalue weighted by Crippen LogP contribution is 2.64. The molecule has 8 aromatic carbocycles. The maximum absolute atomic E-state index is 2.60. The first-order chi connectivity index (χ1) is 29.9. The van der Waals surface area contributed by atoms with E-state index in [1.165, 1.54) is 83.7 Å². The zero-order valence-corrected chi connectivity index (χ0v) is 35.5. The van der Waals surface area contributed by atoms with Gasteiger partial charge in [0.05, 0.1) is 11.1 Å².